The van der Waals surface area contributed by atoms with Crippen molar-refractivity contribution in [1.82, 2.24) is 0 Å². The Morgan fingerprint density at radius 1 is 1.20 bits per heavy atom. The van der Waals surface area contributed by atoms with E-state index >= 15 is 0 Å². The van der Waals surface area contributed by atoms with Crippen LogP contribution in [0, 0.1) is 17.0 Å². The van der Waals surface area contributed by atoms with Gasteiger partial charge >= 0.3 is 5.69 Å². The van der Waals surface area contributed by atoms with Gasteiger partial charge in [-0.25, -0.2) is 0 Å². The monoisotopic (exact) mass is 311 g/mol. The van der Waals surface area contributed by atoms with Crippen molar-refractivity contribution < 1.29 is 9.66 Å². The van der Waals surface area contributed by atoms with Crippen LogP contribution in [0.3, 0.4) is 0 Å². The summed E-state index contributed by atoms with van der Waals surface area (Å²) < 4.78 is 5.64. The van der Waals surface area contributed by atoms with Gasteiger partial charge in [0.05, 0.1) is 10.8 Å². The van der Waals surface area contributed by atoms with Crippen molar-refractivity contribution in [3.63, 3.8) is 0 Å². The van der Waals surface area contributed by atoms with Gasteiger partial charge in [-0.1, -0.05) is 29.8 Å². The predicted molar refractivity (Wildman–Crippen MR) is 78.9 cm³/mol. The lowest BCUT2D eigenvalue weighted by atomic mass is 10.2. The predicted octanol–water partition coefficient (Wildman–Crippen LogP) is 5.09. The molecule has 0 saturated heterocycles. The van der Waals surface area contributed by atoms with Gasteiger partial charge in [-0.2, -0.15) is 0 Å². The SMILES string of the molecule is Cc1cccc(Oc2cccc(Cl)c2CCl)c1[N+](=O)[O-]. The van der Waals surface area contributed by atoms with E-state index in [-0.39, 0.29) is 17.3 Å². The molecule has 0 aliphatic rings. The van der Waals surface area contributed by atoms with E-state index in [1.807, 2.05) is 0 Å². The first-order chi connectivity index (χ1) is 9.54. The number of para-hydroxylation sites is 1. The average Bonchev–Trinajstić information content (AvgIpc) is 2.38. The average molecular weight is 312 g/mol. The Labute approximate surface area is 126 Å². The van der Waals surface area contributed by atoms with Crippen LogP contribution in [0.5, 0.6) is 11.5 Å². The lowest BCUT2D eigenvalue weighted by Gasteiger charge is -2.11. The lowest BCUT2D eigenvalue weighted by molar-refractivity contribution is -0.386. The molecule has 0 radical (unpaired) electrons. The van der Waals surface area contributed by atoms with E-state index in [4.69, 9.17) is 27.9 Å². The number of benzene rings is 2. The molecule has 2 rings (SSSR count). The van der Waals surface area contributed by atoms with Gasteiger partial charge in [0.2, 0.25) is 5.75 Å². The summed E-state index contributed by atoms with van der Waals surface area (Å²) in [6.45, 7) is 1.66. The first-order valence-corrected chi connectivity index (χ1v) is 6.71. The maximum Gasteiger partial charge on any atom is 0.314 e. The van der Waals surface area contributed by atoms with Gasteiger partial charge in [-0.15, -0.1) is 11.6 Å². The molecule has 0 aliphatic heterocycles. The zero-order valence-corrected chi connectivity index (χ0v) is 12.1. The van der Waals surface area contributed by atoms with E-state index in [9.17, 15) is 10.1 Å². The highest BCUT2D eigenvalue weighted by molar-refractivity contribution is 6.32. The van der Waals surface area contributed by atoms with Crippen molar-refractivity contribution in [2.24, 2.45) is 0 Å². The molecule has 0 atom stereocenters. The topological polar surface area (TPSA) is 52.4 Å². The molecule has 0 saturated carbocycles. The molecule has 0 amide bonds. The molecule has 2 aromatic rings. The van der Waals surface area contributed by atoms with Crippen molar-refractivity contribution in [3.05, 3.63) is 62.7 Å². The second-order valence-electron chi connectivity index (χ2n) is 4.13. The number of nitrogens with zero attached hydrogens (tertiary/aromatic N) is 1. The molecule has 0 unspecified atom stereocenters. The van der Waals surface area contributed by atoms with Crippen LogP contribution in [0.4, 0.5) is 5.69 Å². The van der Waals surface area contributed by atoms with Crippen LogP contribution in [0.2, 0.25) is 5.02 Å². The normalized spacial score (nSPS) is 10.3. The number of hydrogen-bond acceptors (Lipinski definition) is 3. The second-order valence-corrected chi connectivity index (χ2v) is 4.81. The van der Waals surface area contributed by atoms with Crippen LogP contribution >= 0.6 is 23.2 Å². The number of nitro benzene ring substituents is 1. The summed E-state index contributed by atoms with van der Waals surface area (Å²) in [6, 6.07) is 9.97. The van der Waals surface area contributed by atoms with Gasteiger partial charge < -0.3 is 4.74 Å². The summed E-state index contributed by atoms with van der Waals surface area (Å²) in [7, 11) is 0. The Kier molecular flexibility index (Phi) is 4.47. The number of rotatable bonds is 4. The van der Waals surface area contributed by atoms with E-state index in [1.165, 1.54) is 0 Å². The molecule has 0 N–H and O–H groups in total. The molecule has 0 fully saturated rings. The maximum absolute atomic E-state index is 11.1. The number of hydrogen-bond donors (Lipinski definition) is 0. The Hall–Kier alpha value is -1.78. The third-order valence-corrected chi connectivity index (χ3v) is 3.43. The molecule has 2 aromatic carbocycles. The Bertz CT molecular complexity index is 659. The van der Waals surface area contributed by atoms with Gasteiger partial charge in [0.25, 0.3) is 0 Å². The molecule has 0 heterocycles. The minimum absolute atomic E-state index is 0.0620. The summed E-state index contributed by atoms with van der Waals surface area (Å²) in [6.07, 6.45) is 0. The summed E-state index contributed by atoms with van der Waals surface area (Å²) in [4.78, 5) is 10.7. The first kappa shape index (κ1) is 14.6. The number of nitro groups is 1. The molecule has 20 heavy (non-hydrogen) atoms. The minimum Gasteiger partial charge on any atom is -0.450 e. The van der Waals surface area contributed by atoms with Crippen LogP contribution in [0.15, 0.2) is 36.4 Å². The van der Waals surface area contributed by atoms with Gasteiger partial charge in [0.15, 0.2) is 0 Å². The van der Waals surface area contributed by atoms with Crippen molar-refractivity contribution in [2.75, 3.05) is 0 Å². The Balaban J connectivity index is 2.48. The van der Waals surface area contributed by atoms with Crippen molar-refractivity contribution in [1.29, 1.82) is 0 Å². The van der Waals surface area contributed by atoms with Crippen molar-refractivity contribution in [2.45, 2.75) is 12.8 Å². The largest absolute Gasteiger partial charge is 0.450 e. The first-order valence-electron chi connectivity index (χ1n) is 5.79. The molecule has 104 valence electrons. The standard InChI is InChI=1S/C14H11Cl2NO3/c1-9-4-2-7-13(14(9)17(18)19)20-12-6-3-5-11(16)10(12)8-15/h2-7H,8H2,1H3. The summed E-state index contributed by atoms with van der Waals surface area (Å²) in [5.41, 5.74) is 1.07. The molecule has 6 heteroatoms. The fourth-order valence-corrected chi connectivity index (χ4v) is 2.41. The van der Waals surface area contributed by atoms with Crippen molar-refractivity contribution in [3.8, 4) is 11.5 Å². The number of halogens is 2. The second kappa shape index (κ2) is 6.11. The lowest BCUT2D eigenvalue weighted by Crippen LogP contribution is -1.97. The van der Waals surface area contributed by atoms with Crippen molar-refractivity contribution >= 4 is 28.9 Å². The molecule has 0 spiro atoms. The maximum atomic E-state index is 11.1. The van der Waals surface area contributed by atoms with E-state index in [0.29, 0.717) is 21.9 Å². The van der Waals surface area contributed by atoms with Crippen LogP contribution in [-0.4, -0.2) is 4.92 Å². The van der Waals surface area contributed by atoms with Gasteiger partial charge in [0.1, 0.15) is 5.75 Å². The zero-order valence-electron chi connectivity index (χ0n) is 10.6. The van der Waals surface area contributed by atoms with E-state index in [0.717, 1.165) is 0 Å². The summed E-state index contributed by atoms with van der Waals surface area (Å²) in [5, 5.41) is 11.6. The third-order valence-electron chi connectivity index (χ3n) is 2.81. The number of alkyl halides is 1. The highest BCUT2D eigenvalue weighted by Gasteiger charge is 2.20. The smallest absolute Gasteiger partial charge is 0.314 e. The molecular formula is C14H11Cl2NO3. The van der Waals surface area contributed by atoms with Crippen LogP contribution < -0.4 is 4.74 Å². The van der Waals surface area contributed by atoms with E-state index in [2.05, 4.69) is 0 Å². The number of ether oxygens (including phenoxy) is 1. The highest BCUT2D eigenvalue weighted by Crippen LogP contribution is 2.37. The zero-order chi connectivity index (χ0) is 14.7. The molecular weight excluding hydrogens is 301 g/mol. The fraction of sp³-hybridized carbons (Fsp3) is 0.143. The Morgan fingerprint density at radius 2 is 1.85 bits per heavy atom. The van der Waals surface area contributed by atoms with Crippen LogP contribution in [-0.2, 0) is 5.88 Å². The van der Waals surface area contributed by atoms with Crippen LogP contribution in [0.25, 0.3) is 0 Å². The fourth-order valence-electron chi connectivity index (χ4n) is 1.83. The van der Waals surface area contributed by atoms with Gasteiger partial charge in [0, 0.05) is 16.1 Å². The molecule has 0 bridgehead atoms. The third kappa shape index (κ3) is 2.86. The quantitative estimate of drug-likeness (QED) is 0.449. The van der Waals surface area contributed by atoms with Gasteiger partial charge in [-0.3, -0.25) is 10.1 Å². The summed E-state index contributed by atoms with van der Waals surface area (Å²) in [5.74, 6) is 0.749. The van der Waals surface area contributed by atoms with Crippen LogP contribution in [0.1, 0.15) is 11.1 Å². The minimum atomic E-state index is -0.463. The molecule has 0 aliphatic carbocycles. The molecule has 4 nitrogen and oxygen atoms in total. The molecule has 0 aromatic heterocycles. The van der Waals surface area contributed by atoms with E-state index in [1.54, 1.807) is 43.3 Å². The van der Waals surface area contributed by atoms with Gasteiger partial charge in [-0.05, 0) is 25.1 Å². The summed E-state index contributed by atoms with van der Waals surface area (Å²) >= 11 is 11.9. The van der Waals surface area contributed by atoms with E-state index < -0.39 is 4.92 Å². The number of aryl methyl sites for hydroxylation is 1. The Morgan fingerprint density at radius 3 is 2.50 bits per heavy atom. The highest BCUT2D eigenvalue weighted by atomic mass is 35.5.